The highest BCUT2D eigenvalue weighted by atomic mass is 16.5. The Hall–Kier alpha value is -5.31. The summed E-state index contributed by atoms with van der Waals surface area (Å²) in [7, 11) is 1.68. The van der Waals surface area contributed by atoms with E-state index in [1.54, 1.807) is 56.1 Å². The molecule has 3 heterocycles. The highest BCUT2D eigenvalue weighted by Crippen LogP contribution is 2.29. The van der Waals surface area contributed by atoms with Gasteiger partial charge in [0.05, 0.1) is 17.5 Å². The average Bonchev–Trinajstić information content (AvgIpc) is 2.97. The summed E-state index contributed by atoms with van der Waals surface area (Å²) in [6, 6.07) is 20.1. The number of aryl methyl sites for hydroxylation is 1. The van der Waals surface area contributed by atoms with Crippen molar-refractivity contribution < 1.29 is 9.53 Å². The second kappa shape index (κ2) is 11.7. The Kier molecular flexibility index (Phi) is 7.84. The molecular weight excluding hydrogens is 528 g/mol. The summed E-state index contributed by atoms with van der Waals surface area (Å²) in [6.45, 7) is 8.14. The maximum atomic E-state index is 13.0. The Bertz CT molecular complexity index is 1780. The van der Waals surface area contributed by atoms with Gasteiger partial charge >= 0.3 is 0 Å². The van der Waals surface area contributed by atoms with Crippen LogP contribution in [0.1, 0.15) is 42.4 Å². The predicted octanol–water partition coefficient (Wildman–Crippen LogP) is 6.63. The first-order chi connectivity index (χ1) is 20.1. The summed E-state index contributed by atoms with van der Waals surface area (Å²) in [5.74, 6) is 1.19. The van der Waals surface area contributed by atoms with Gasteiger partial charge in [0, 0.05) is 53.7 Å². The summed E-state index contributed by atoms with van der Waals surface area (Å²) < 4.78 is 7.28. The SMILES string of the molecule is Cc1c(NC(=O)c2ccc(C(C)(C)C)nc2)cccc1-c1cn(C)c(=O)c(Nc2ccc(Oc3cccnc3)cc2)n1. The van der Waals surface area contributed by atoms with Crippen LogP contribution in [0.15, 0.2) is 96.3 Å². The number of nitrogens with one attached hydrogen (secondary N) is 2. The topological polar surface area (TPSA) is 111 Å². The van der Waals surface area contributed by atoms with Gasteiger partial charge in [0.1, 0.15) is 11.5 Å². The van der Waals surface area contributed by atoms with Crippen LogP contribution in [0.5, 0.6) is 11.5 Å². The number of carbonyl (C=O) groups is 1. The molecule has 0 spiro atoms. The molecule has 9 heteroatoms. The molecule has 0 aliphatic carbocycles. The molecule has 5 aromatic rings. The number of nitrogens with zero attached hydrogens (tertiary/aromatic N) is 4. The monoisotopic (exact) mass is 560 g/mol. The number of hydrogen-bond acceptors (Lipinski definition) is 7. The van der Waals surface area contributed by atoms with Gasteiger partial charge in [-0.25, -0.2) is 4.98 Å². The first-order valence-electron chi connectivity index (χ1n) is 13.5. The quantitative estimate of drug-likeness (QED) is 0.230. The van der Waals surface area contributed by atoms with Crippen LogP contribution in [-0.2, 0) is 12.5 Å². The molecule has 0 atom stereocenters. The second-order valence-corrected chi connectivity index (χ2v) is 10.9. The van der Waals surface area contributed by atoms with Crippen LogP contribution in [0.4, 0.5) is 17.2 Å². The Labute approximate surface area is 244 Å². The van der Waals surface area contributed by atoms with Crippen LogP contribution in [0.25, 0.3) is 11.3 Å². The van der Waals surface area contributed by atoms with Gasteiger partial charge in [-0.2, -0.15) is 0 Å². The van der Waals surface area contributed by atoms with Crippen molar-refractivity contribution in [3.63, 3.8) is 0 Å². The van der Waals surface area contributed by atoms with Gasteiger partial charge in [-0.05, 0) is 67.1 Å². The Morgan fingerprint density at radius 1 is 0.929 bits per heavy atom. The van der Waals surface area contributed by atoms with Crippen LogP contribution < -0.4 is 20.9 Å². The molecule has 2 aromatic carbocycles. The zero-order chi connectivity index (χ0) is 29.9. The van der Waals surface area contributed by atoms with E-state index >= 15 is 0 Å². The number of amides is 1. The van der Waals surface area contributed by atoms with Gasteiger partial charge in [-0.15, -0.1) is 0 Å². The Morgan fingerprint density at radius 2 is 1.71 bits per heavy atom. The van der Waals surface area contributed by atoms with E-state index in [9.17, 15) is 9.59 Å². The van der Waals surface area contributed by atoms with Crippen molar-refractivity contribution in [2.75, 3.05) is 10.6 Å². The van der Waals surface area contributed by atoms with Gasteiger partial charge in [0.25, 0.3) is 11.5 Å². The molecule has 0 unspecified atom stereocenters. The number of ether oxygens (including phenoxy) is 1. The highest BCUT2D eigenvalue weighted by molar-refractivity contribution is 6.04. The summed E-state index contributed by atoms with van der Waals surface area (Å²) >= 11 is 0. The van der Waals surface area contributed by atoms with Crippen LogP contribution in [0.2, 0.25) is 0 Å². The average molecular weight is 561 g/mol. The number of benzene rings is 2. The fourth-order valence-electron chi connectivity index (χ4n) is 4.32. The van der Waals surface area contributed by atoms with Crippen LogP contribution >= 0.6 is 0 Å². The van der Waals surface area contributed by atoms with Crippen LogP contribution in [-0.4, -0.2) is 25.4 Å². The fraction of sp³-hybridized carbons (Fsp3) is 0.182. The maximum Gasteiger partial charge on any atom is 0.293 e. The zero-order valence-corrected chi connectivity index (χ0v) is 24.2. The largest absolute Gasteiger partial charge is 0.456 e. The lowest BCUT2D eigenvalue weighted by atomic mass is 9.91. The van der Waals surface area contributed by atoms with Crippen molar-refractivity contribution in [1.82, 2.24) is 19.5 Å². The third-order valence-electron chi connectivity index (χ3n) is 6.71. The zero-order valence-electron chi connectivity index (χ0n) is 24.2. The number of carbonyl (C=O) groups excluding carboxylic acids is 1. The molecule has 0 radical (unpaired) electrons. The summed E-state index contributed by atoms with van der Waals surface area (Å²) in [4.78, 5) is 39.1. The number of aromatic nitrogens is 4. The molecular formula is C33H32N6O3. The van der Waals surface area contributed by atoms with E-state index in [4.69, 9.17) is 4.74 Å². The molecule has 1 amide bonds. The minimum absolute atomic E-state index is 0.103. The molecule has 3 aromatic heterocycles. The minimum Gasteiger partial charge on any atom is -0.456 e. The van der Waals surface area contributed by atoms with Crippen LogP contribution in [0, 0.1) is 6.92 Å². The van der Waals surface area contributed by atoms with E-state index in [-0.39, 0.29) is 22.7 Å². The second-order valence-electron chi connectivity index (χ2n) is 10.9. The van der Waals surface area contributed by atoms with Crippen molar-refractivity contribution in [1.29, 1.82) is 0 Å². The minimum atomic E-state index is -0.275. The molecule has 2 N–H and O–H groups in total. The Balaban J connectivity index is 1.36. The van der Waals surface area contributed by atoms with E-state index in [1.807, 2.05) is 49.4 Å². The molecule has 42 heavy (non-hydrogen) atoms. The number of hydrogen-bond donors (Lipinski definition) is 2. The van der Waals surface area contributed by atoms with E-state index in [0.717, 1.165) is 16.8 Å². The van der Waals surface area contributed by atoms with Gasteiger partial charge in [-0.3, -0.25) is 19.6 Å². The Morgan fingerprint density at radius 3 is 2.38 bits per heavy atom. The van der Waals surface area contributed by atoms with Gasteiger partial charge < -0.3 is 19.9 Å². The van der Waals surface area contributed by atoms with Gasteiger partial charge in [-0.1, -0.05) is 32.9 Å². The normalized spacial score (nSPS) is 11.2. The van der Waals surface area contributed by atoms with E-state index < -0.39 is 0 Å². The van der Waals surface area contributed by atoms with Crippen molar-refractivity contribution in [2.45, 2.75) is 33.1 Å². The summed E-state index contributed by atoms with van der Waals surface area (Å²) in [5.41, 5.74) is 4.52. The number of rotatable bonds is 7. The molecule has 0 fully saturated rings. The van der Waals surface area contributed by atoms with E-state index in [2.05, 4.69) is 46.4 Å². The molecule has 212 valence electrons. The third kappa shape index (κ3) is 6.36. The first kappa shape index (κ1) is 28.2. The molecule has 0 saturated heterocycles. The third-order valence-corrected chi connectivity index (χ3v) is 6.71. The predicted molar refractivity (Wildman–Crippen MR) is 165 cm³/mol. The smallest absolute Gasteiger partial charge is 0.293 e. The lowest BCUT2D eigenvalue weighted by Crippen LogP contribution is -2.21. The molecule has 0 aliphatic heterocycles. The maximum absolute atomic E-state index is 13.0. The highest BCUT2D eigenvalue weighted by Gasteiger charge is 2.17. The molecule has 0 saturated carbocycles. The molecule has 0 bridgehead atoms. The van der Waals surface area contributed by atoms with Crippen molar-refractivity contribution in [2.24, 2.45) is 7.05 Å². The lowest BCUT2D eigenvalue weighted by Gasteiger charge is -2.18. The standard InChI is InChI=1S/C33H32N6O3/c1-21-26(9-6-10-27(21)38-31(40)22-11-16-29(35-18-22)33(2,3)4)28-20-39(5)32(41)30(37-28)36-23-12-14-24(15-13-23)42-25-8-7-17-34-19-25/h6-20H,1-5H3,(H,36,37)(H,38,40). The first-order valence-corrected chi connectivity index (χ1v) is 13.5. The molecule has 0 aliphatic rings. The molecule has 5 rings (SSSR count). The van der Waals surface area contributed by atoms with Crippen LogP contribution in [0.3, 0.4) is 0 Å². The molecule has 9 nitrogen and oxygen atoms in total. The summed E-state index contributed by atoms with van der Waals surface area (Å²) in [5, 5.41) is 6.12. The fourth-order valence-corrected chi connectivity index (χ4v) is 4.32. The van der Waals surface area contributed by atoms with Crippen molar-refractivity contribution >= 4 is 23.1 Å². The van der Waals surface area contributed by atoms with Gasteiger partial charge in [0.2, 0.25) is 0 Å². The van der Waals surface area contributed by atoms with Gasteiger partial charge in [0.15, 0.2) is 5.82 Å². The number of pyridine rings is 2. The van der Waals surface area contributed by atoms with E-state index in [0.29, 0.717) is 34.1 Å². The van der Waals surface area contributed by atoms with Crippen molar-refractivity contribution in [3.05, 3.63) is 119 Å². The summed E-state index contributed by atoms with van der Waals surface area (Å²) in [6.07, 6.45) is 6.59. The lowest BCUT2D eigenvalue weighted by molar-refractivity contribution is 0.102. The van der Waals surface area contributed by atoms with Crippen molar-refractivity contribution in [3.8, 4) is 22.8 Å². The number of anilines is 3. The van der Waals surface area contributed by atoms with E-state index in [1.165, 1.54) is 4.57 Å².